The molecule has 0 saturated carbocycles. The van der Waals surface area contributed by atoms with Gasteiger partial charge in [0.25, 0.3) is 0 Å². The maximum Gasteiger partial charge on any atom is 0.0458 e. The van der Waals surface area contributed by atoms with Gasteiger partial charge < -0.3 is 4.98 Å². The molecule has 0 spiro atoms. The highest BCUT2D eigenvalue weighted by Crippen LogP contribution is 2.26. The van der Waals surface area contributed by atoms with Crippen LogP contribution in [0.4, 0.5) is 0 Å². The third-order valence-corrected chi connectivity index (χ3v) is 4.34. The summed E-state index contributed by atoms with van der Waals surface area (Å²) in [5.41, 5.74) is 6.75. The van der Waals surface area contributed by atoms with Gasteiger partial charge in [-0.05, 0) is 48.9 Å². The molecule has 0 aliphatic rings. The average Bonchev–Trinajstić information content (AvgIpc) is 3.01. The van der Waals surface area contributed by atoms with E-state index in [4.69, 9.17) is 0 Å². The van der Waals surface area contributed by atoms with Gasteiger partial charge in [-0.3, -0.25) is 0 Å². The number of fused-ring (bicyclic) bond motifs is 1. The Labute approximate surface area is 152 Å². The van der Waals surface area contributed by atoms with Crippen molar-refractivity contribution >= 4 is 17.0 Å². The van der Waals surface area contributed by atoms with Gasteiger partial charge in [0.05, 0.1) is 0 Å². The molecule has 1 heteroatoms. The first-order valence-corrected chi connectivity index (χ1v) is 9.15. The molecule has 3 rings (SSSR count). The average molecular weight is 334 g/mol. The summed E-state index contributed by atoms with van der Waals surface area (Å²) in [5.74, 6) is 0. The van der Waals surface area contributed by atoms with E-state index in [9.17, 15) is 0 Å². The molecule has 0 radical (unpaired) electrons. The fourth-order valence-electron chi connectivity index (χ4n) is 2.67. The summed E-state index contributed by atoms with van der Waals surface area (Å²) in [6.07, 6.45) is 5.24. The van der Waals surface area contributed by atoms with Crippen LogP contribution in [0, 0.1) is 6.92 Å². The lowest BCUT2D eigenvalue weighted by atomic mass is 9.92. The molecule has 0 bridgehead atoms. The molecule has 1 heterocycles. The Morgan fingerprint density at radius 3 is 2.20 bits per heavy atom. The molecule has 0 fully saturated rings. The van der Waals surface area contributed by atoms with Crippen molar-refractivity contribution in [3.05, 3.63) is 77.0 Å². The predicted molar refractivity (Wildman–Crippen MR) is 112 cm³/mol. The minimum absolute atomic E-state index is 0.200. The highest BCUT2D eigenvalue weighted by atomic mass is 14.7. The first-order valence-electron chi connectivity index (χ1n) is 9.15. The summed E-state index contributed by atoms with van der Waals surface area (Å²) in [5, 5.41) is 1.32. The SMILES string of the molecule is C/C=C/c1ccc(C)cc1.CCc1ccc2cc(C(C)(C)C)[nH]c2c1. The van der Waals surface area contributed by atoms with Crippen molar-refractivity contribution in [3.8, 4) is 0 Å². The van der Waals surface area contributed by atoms with Gasteiger partial charge in [0.2, 0.25) is 0 Å². The molecule has 2 aromatic carbocycles. The second kappa shape index (κ2) is 8.20. The van der Waals surface area contributed by atoms with Crippen LogP contribution in [0.15, 0.2) is 54.6 Å². The van der Waals surface area contributed by atoms with E-state index in [1.165, 1.54) is 33.3 Å². The van der Waals surface area contributed by atoms with E-state index in [1.807, 2.05) is 13.0 Å². The molecule has 1 N–H and O–H groups in total. The number of H-pyrrole nitrogens is 1. The molecule has 0 aliphatic carbocycles. The number of allylic oxidation sites excluding steroid dienone is 1. The van der Waals surface area contributed by atoms with Crippen molar-refractivity contribution in [1.82, 2.24) is 4.98 Å². The zero-order valence-electron chi connectivity index (χ0n) is 16.5. The fraction of sp³-hybridized carbons (Fsp3) is 0.333. The van der Waals surface area contributed by atoms with E-state index in [1.54, 1.807) is 0 Å². The molecule has 0 unspecified atom stereocenters. The highest BCUT2D eigenvalue weighted by molar-refractivity contribution is 5.81. The Bertz CT molecular complexity index is 827. The van der Waals surface area contributed by atoms with Gasteiger partial charge in [-0.1, -0.05) is 81.8 Å². The minimum Gasteiger partial charge on any atom is -0.358 e. The number of rotatable bonds is 2. The third kappa shape index (κ3) is 5.35. The minimum atomic E-state index is 0.200. The second-order valence-electron chi connectivity index (χ2n) is 7.62. The lowest BCUT2D eigenvalue weighted by Crippen LogP contribution is -2.10. The van der Waals surface area contributed by atoms with E-state index in [0.29, 0.717) is 0 Å². The van der Waals surface area contributed by atoms with Gasteiger partial charge in [0.15, 0.2) is 0 Å². The molecule has 0 atom stereocenters. The topological polar surface area (TPSA) is 15.8 Å². The van der Waals surface area contributed by atoms with Crippen LogP contribution in [0.1, 0.15) is 57.0 Å². The Balaban J connectivity index is 0.000000196. The number of aromatic amines is 1. The summed E-state index contributed by atoms with van der Waals surface area (Å²) in [6, 6.07) is 17.4. The molecule has 132 valence electrons. The van der Waals surface area contributed by atoms with Crippen molar-refractivity contribution in [2.24, 2.45) is 0 Å². The molecular weight excluding hydrogens is 302 g/mol. The number of benzene rings is 2. The molecule has 0 aliphatic heterocycles. The van der Waals surface area contributed by atoms with Gasteiger partial charge in [0.1, 0.15) is 0 Å². The fourth-order valence-corrected chi connectivity index (χ4v) is 2.67. The van der Waals surface area contributed by atoms with E-state index >= 15 is 0 Å². The van der Waals surface area contributed by atoms with Crippen molar-refractivity contribution in [3.63, 3.8) is 0 Å². The van der Waals surface area contributed by atoms with E-state index in [0.717, 1.165) is 6.42 Å². The number of aromatic nitrogens is 1. The Kier molecular flexibility index (Phi) is 6.25. The summed E-state index contributed by atoms with van der Waals surface area (Å²) in [4.78, 5) is 3.51. The van der Waals surface area contributed by atoms with Crippen LogP contribution in [0.3, 0.4) is 0 Å². The van der Waals surface area contributed by atoms with E-state index in [-0.39, 0.29) is 5.41 Å². The van der Waals surface area contributed by atoms with Crippen LogP contribution in [-0.4, -0.2) is 4.98 Å². The van der Waals surface area contributed by atoms with Crippen LogP contribution < -0.4 is 0 Å². The lowest BCUT2D eigenvalue weighted by molar-refractivity contribution is 0.574. The first-order chi connectivity index (χ1) is 11.8. The maximum absolute atomic E-state index is 3.51. The Hall–Kier alpha value is -2.28. The van der Waals surface area contributed by atoms with Crippen LogP contribution in [0.2, 0.25) is 0 Å². The lowest BCUT2D eigenvalue weighted by Gasteiger charge is -2.15. The number of nitrogens with one attached hydrogen (secondary N) is 1. The monoisotopic (exact) mass is 333 g/mol. The maximum atomic E-state index is 3.51. The second-order valence-corrected chi connectivity index (χ2v) is 7.62. The summed E-state index contributed by atoms with van der Waals surface area (Å²) in [6.45, 7) is 13.0. The van der Waals surface area contributed by atoms with E-state index in [2.05, 4.69) is 94.2 Å². The van der Waals surface area contributed by atoms with Crippen molar-refractivity contribution in [1.29, 1.82) is 0 Å². The summed E-state index contributed by atoms with van der Waals surface area (Å²) < 4.78 is 0. The van der Waals surface area contributed by atoms with Gasteiger partial charge in [0, 0.05) is 16.6 Å². The summed E-state index contributed by atoms with van der Waals surface area (Å²) >= 11 is 0. The largest absolute Gasteiger partial charge is 0.358 e. The number of hydrogen-bond donors (Lipinski definition) is 1. The van der Waals surface area contributed by atoms with Crippen LogP contribution >= 0.6 is 0 Å². The van der Waals surface area contributed by atoms with Gasteiger partial charge >= 0.3 is 0 Å². The molecule has 1 aromatic heterocycles. The van der Waals surface area contributed by atoms with Crippen molar-refractivity contribution < 1.29 is 0 Å². The van der Waals surface area contributed by atoms with Crippen LogP contribution in [0.5, 0.6) is 0 Å². The van der Waals surface area contributed by atoms with Crippen molar-refractivity contribution in [2.45, 2.75) is 53.4 Å². The molecule has 3 aromatic rings. The summed E-state index contributed by atoms with van der Waals surface area (Å²) in [7, 11) is 0. The molecule has 25 heavy (non-hydrogen) atoms. The Morgan fingerprint density at radius 1 is 0.960 bits per heavy atom. The van der Waals surface area contributed by atoms with Crippen molar-refractivity contribution in [2.75, 3.05) is 0 Å². The van der Waals surface area contributed by atoms with Crippen LogP contribution in [0.25, 0.3) is 17.0 Å². The highest BCUT2D eigenvalue weighted by Gasteiger charge is 2.15. The van der Waals surface area contributed by atoms with Gasteiger partial charge in [-0.2, -0.15) is 0 Å². The number of hydrogen-bond acceptors (Lipinski definition) is 0. The zero-order valence-corrected chi connectivity index (χ0v) is 16.5. The smallest absolute Gasteiger partial charge is 0.0458 e. The predicted octanol–water partition coefficient (Wildman–Crippen LogP) is 7.06. The quantitative estimate of drug-likeness (QED) is 0.517. The van der Waals surface area contributed by atoms with Crippen LogP contribution in [-0.2, 0) is 11.8 Å². The molecule has 0 amide bonds. The third-order valence-electron chi connectivity index (χ3n) is 4.34. The normalized spacial score (nSPS) is 11.6. The zero-order chi connectivity index (χ0) is 18.4. The van der Waals surface area contributed by atoms with Gasteiger partial charge in [-0.15, -0.1) is 0 Å². The molecule has 1 nitrogen and oxygen atoms in total. The number of aryl methyl sites for hydroxylation is 2. The Morgan fingerprint density at radius 2 is 1.64 bits per heavy atom. The molecular formula is C24H31N. The first kappa shape index (κ1) is 19.1. The standard InChI is InChI=1S/C14H19N.C10H12/c1-5-10-6-7-11-9-13(14(2,3)4)15-12(11)8-10;1-3-4-10-7-5-9(2)6-8-10/h6-9,15H,5H2,1-4H3;3-8H,1-2H3/b;4-3+. The van der Waals surface area contributed by atoms with E-state index < -0.39 is 0 Å². The van der Waals surface area contributed by atoms with Gasteiger partial charge in [-0.25, -0.2) is 0 Å². The molecule has 0 saturated heterocycles.